The van der Waals surface area contributed by atoms with E-state index in [1.165, 1.54) is 6.26 Å². The second-order valence-electron chi connectivity index (χ2n) is 7.80. The third-order valence-electron chi connectivity index (χ3n) is 4.91. The summed E-state index contributed by atoms with van der Waals surface area (Å²) in [5, 5.41) is 10.6. The first-order valence-electron chi connectivity index (χ1n) is 8.52. The van der Waals surface area contributed by atoms with E-state index in [2.05, 4.69) is 33.9 Å². The van der Waals surface area contributed by atoms with Gasteiger partial charge in [-0.25, -0.2) is 4.79 Å². The molecular formula is C19H28O5Si. The summed E-state index contributed by atoms with van der Waals surface area (Å²) in [5.41, 5.74) is 0.448. The first-order chi connectivity index (χ1) is 11.6. The van der Waals surface area contributed by atoms with Crippen LogP contribution in [0.15, 0.2) is 42.7 Å². The summed E-state index contributed by atoms with van der Waals surface area (Å²) >= 11 is 0. The van der Waals surface area contributed by atoms with E-state index in [0.717, 1.165) is 0 Å². The Labute approximate surface area is 150 Å². The van der Waals surface area contributed by atoms with Gasteiger partial charge in [-0.1, -0.05) is 39.0 Å². The molecule has 25 heavy (non-hydrogen) atoms. The number of carbonyl (C=O) groups is 1. The van der Waals surface area contributed by atoms with E-state index < -0.39 is 32.6 Å². The van der Waals surface area contributed by atoms with Crippen LogP contribution in [-0.2, 0) is 13.9 Å². The van der Waals surface area contributed by atoms with E-state index in [-0.39, 0.29) is 11.6 Å². The maximum Gasteiger partial charge on any atom is 0.338 e. The highest BCUT2D eigenvalue weighted by Gasteiger charge is 2.40. The van der Waals surface area contributed by atoms with Crippen LogP contribution in [0, 0.1) is 0 Å². The van der Waals surface area contributed by atoms with Crippen LogP contribution >= 0.6 is 0 Å². The number of hydrogen-bond donors (Lipinski definition) is 1. The molecule has 1 aliphatic rings. The highest BCUT2D eigenvalue weighted by molar-refractivity contribution is 6.74. The van der Waals surface area contributed by atoms with Crippen LogP contribution in [0.3, 0.4) is 0 Å². The van der Waals surface area contributed by atoms with Gasteiger partial charge in [-0.3, -0.25) is 0 Å². The van der Waals surface area contributed by atoms with Crippen LogP contribution in [0.1, 0.15) is 31.1 Å². The molecule has 0 saturated heterocycles. The number of rotatable bonds is 5. The van der Waals surface area contributed by atoms with Gasteiger partial charge in [0.2, 0.25) is 0 Å². The maximum atomic E-state index is 12.2. The van der Waals surface area contributed by atoms with Crippen molar-refractivity contribution in [1.82, 2.24) is 0 Å². The molecule has 1 aliphatic heterocycles. The molecule has 0 aromatic heterocycles. The molecular weight excluding hydrogens is 336 g/mol. The minimum Gasteiger partial charge on any atom is -0.493 e. The number of esters is 1. The van der Waals surface area contributed by atoms with Gasteiger partial charge in [0, 0.05) is 0 Å². The Morgan fingerprint density at radius 2 is 1.88 bits per heavy atom. The number of benzene rings is 1. The Balaban J connectivity index is 1.96. The number of aliphatic hydroxyl groups excluding tert-OH is 1. The highest BCUT2D eigenvalue weighted by atomic mass is 28.4. The number of aliphatic hydroxyl groups is 1. The third-order valence-corrected chi connectivity index (χ3v) is 9.41. The van der Waals surface area contributed by atoms with Crippen LogP contribution in [0.4, 0.5) is 0 Å². The van der Waals surface area contributed by atoms with Gasteiger partial charge in [0.05, 0.1) is 18.4 Å². The standard InChI is InChI=1S/C19H28O5Si/c1-19(2,3)25(4,5)23-13-16-17(20)15(11-12-22-16)24-18(21)14-9-7-6-8-10-14/h6-12,15-17,20H,13H2,1-5H3/t15-,16-,17+/m1/s1. The average Bonchev–Trinajstić information content (AvgIpc) is 2.55. The van der Waals surface area contributed by atoms with Gasteiger partial charge in [-0.15, -0.1) is 0 Å². The molecule has 0 aliphatic carbocycles. The zero-order valence-electron chi connectivity index (χ0n) is 15.6. The van der Waals surface area contributed by atoms with E-state index >= 15 is 0 Å². The van der Waals surface area contributed by atoms with Crippen LogP contribution in [0.5, 0.6) is 0 Å². The monoisotopic (exact) mass is 364 g/mol. The average molecular weight is 365 g/mol. The van der Waals surface area contributed by atoms with Crippen LogP contribution in [0.2, 0.25) is 18.1 Å². The second-order valence-corrected chi connectivity index (χ2v) is 12.6. The summed E-state index contributed by atoms with van der Waals surface area (Å²) in [6.45, 7) is 11.0. The van der Waals surface area contributed by atoms with Crippen molar-refractivity contribution in [3.05, 3.63) is 48.2 Å². The summed E-state index contributed by atoms with van der Waals surface area (Å²) in [4.78, 5) is 12.2. The highest BCUT2D eigenvalue weighted by Crippen LogP contribution is 2.36. The Morgan fingerprint density at radius 1 is 1.24 bits per heavy atom. The van der Waals surface area contributed by atoms with Crippen molar-refractivity contribution in [1.29, 1.82) is 0 Å². The van der Waals surface area contributed by atoms with Crippen molar-refractivity contribution in [2.45, 2.75) is 57.2 Å². The lowest BCUT2D eigenvalue weighted by atomic mass is 10.1. The third kappa shape index (κ3) is 4.93. The van der Waals surface area contributed by atoms with E-state index in [9.17, 15) is 9.90 Å². The fraction of sp³-hybridized carbons (Fsp3) is 0.526. The van der Waals surface area contributed by atoms with Crippen molar-refractivity contribution in [3.8, 4) is 0 Å². The van der Waals surface area contributed by atoms with Gasteiger partial charge in [-0.05, 0) is 36.3 Å². The fourth-order valence-corrected chi connectivity index (χ4v) is 3.16. The lowest BCUT2D eigenvalue weighted by Gasteiger charge is -2.38. The minimum absolute atomic E-state index is 0.0711. The van der Waals surface area contributed by atoms with Crippen molar-refractivity contribution in [2.24, 2.45) is 0 Å². The molecule has 5 nitrogen and oxygen atoms in total. The van der Waals surface area contributed by atoms with E-state index in [4.69, 9.17) is 13.9 Å². The molecule has 0 spiro atoms. The van der Waals surface area contributed by atoms with E-state index in [1.54, 1.807) is 30.3 Å². The van der Waals surface area contributed by atoms with Gasteiger partial charge >= 0.3 is 5.97 Å². The molecule has 138 valence electrons. The summed E-state index contributed by atoms with van der Waals surface area (Å²) in [7, 11) is -1.95. The van der Waals surface area contributed by atoms with Gasteiger partial charge in [0.1, 0.15) is 12.2 Å². The minimum atomic E-state index is -1.95. The van der Waals surface area contributed by atoms with E-state index in [0.29, 0.717) is 5.56 Å². The predicted molar refractivity (Wildman–Crippen MR) is 98.8 cm³/mol. The van der Waals surface area contributed by atoms with Crippen molar-refractivity contribution in [3.63, 3.8) is 0 Å². The molecule has 6 heteroatoms. The van der Waals surface area contributed by atoms with Crippen LogP contribution in [-0.4, -0.2) is 44.3 Å². The Morgan fingerprint density at radius 3 is 2.48 bits per heavy atom. The first kappa shape index (κ1) is 19.7. The molecule has 1 heterocycles. The SMILES string of the molecule is CC(C)(C)[Si](C)(C)OC[C@H]1OC=C[C@@H](OC(=O)c2ccccc2)[C@@H]1O. The topological polar surface area (TPSA) is 65.0 Å². The summed E-state index contributed by atoms with van der Waals surface area (Å²) in [6.07, 6.45) is 0.730. The zero-order chi connectivity index (χ0) is 18.7. The number of ether oxygens (including phenoxy) is 2. The molecule has 3 atom stereocenters. The summed E-state index contributed by atoms with van der Waals surface area (Å²) in [5.74, 6) is -0.472. The molecule has 0 fully saturated rings. The second kappa shape index (κ2) is 7.72. The maximum absolute atomic E-state index is 12.2. The Bertz CT molecular complexity index is 606. The molecule has 0 amide bonds. The van der Waals surface area contributed by atoms with Gasteiger partial charge in [0.15, 0.2) is 14.4 Å². The lowest BCUT2D eigenvalue weighted by molar-refractivity contribution is -0.0852. The predicted octanol–water partition coefficient (Wildman–Crippen LogP) is 3.51. The molecule has 0 bridgehead atoms. The molecule has 0 radical (unpaired) electrons. The Kier molecular flexibility index (Phi) is 6.08. The zero-order valence-corrected chi connectivity index (χ0v) is 16.6. The van der Waals surface area contributed by atoms with Gasteiger partial charge < -0.3 is 19.0 Å². The van der Waals surface area contributed by atoms with Crippen molar-refractivity contribution in [2.75, 3.05) is 6.61 Å². The van der Waals surface area contributed by atoms with Crippen LogP contribution < -0.4 is 0 Å². The first-order valence-corrected chi connectivity index (χ1v) is 11.4. The van der Waals surface area contributed by atoms with Gasteiger partial charge in [0.25, 0.3) is 0 Å². The smallest absolute Gasteiger partial charge is 0.338 e. The van der Waals surface area contributed by atoms with Crippen molar-refractivity contribution < 1.29 is 23.8 Å². The van der Waals surface area contributed by atoms with E-state index in [1.807, 2.05) is 6.07 Å². The quantitative estimate of drug-likeness (QED) is 0.640. The largest absolute Gasteiger partial charge is 0.493 e. The molecule has 0 saturated carbocycles. The number of carbonyl (C=O) groups excluding carboxylic acids is 1. The van der Waals surface area contributed by atoms with Crippen LogP contribution in [0.25, 0.3) is 0 Å². The lowest BCUT2D eigenvalue weighted by Crippen LogP contribution is -2.49. The normalized spacial score (nSPS) is 23.8. The van der Waals surface area contributed by atoms with Crippen molar-refractivity contribution >= 4 is 14.3 Å². The summed E-state index contributed by atoms with van der Waals surface area (Å²) in [6, 6.07) is 8.71. The molecule has 1 aromatic rings. The van der Waals surface area contributed by atoms with Gasteiger partial charge in [-0.2, -0.15) is 0 Å². The number of hydrogen-bond acceptors (Lipinski definition) is 5. The molecule has 1 N–H and O–H groups in total. The molecule has 2 rings (SSSR count). The molecule has 1 aromatic carbocycles. The summed E-state index contributed by atoms with van der Waals surface area (Å²) < 4.78 is 17.0. The Hall–Kier alpha value is -1.63. The molecule has 0 unspecified atom stereocenters. The fourth-order valence-electron chi connectivity index (χ4n) is 2.15.